The molecular formula is C13H10N4O3. The fourth-order valence-electron chi connectivity index (χ4n) is 1.96. The molecule has 20 heavy (non-hydrogen) atoms. The van der Waals surface area contributed by atoms with Gasteiger partial charge in [0.25, 0.3) is 5.56 Å². The number of aromatic nitrogens is 4. The van der Waals surface area contributed by atoms with E-state index >= 15 is 0 Å². The van der Waals surface area contributed by atoms with Crippen LogP contribution in [-0.2, 0) is 0 Å². The number of aromatic carboxylic acids is 1. The molecule has 3 aromatic rings. The van der Waals surface area contributed by atoms with Crippen molar-refractivity contribution < 1.29 is 9.90 Å². The molecule has 0 radical (unpaired) electrons. The van der Waals surface area contributed by atoms with Crippen LogP contribution in [0.2, 0.25) is 0 Å². The lowest BCUT2D eigenvalue weighted by atomic mass is 10.1. The number of carboxylic acids is 1. The summed E-state index contributed by atoms with van der Waals surface area (Å²) in [5, 5.41) is 16.1. The molecule has 2 heterocycles. The summed E-state index contributed by atoms with van der Waals surface area (Å²) in [6.07, 6.45) is 1.54. The first-order chi connectivity index (χ1) is 9.56. The smallest absolute Gasteiger partial charge is 0.358 e. The predicted octanol–water partition coefficient (Wildman–Crippen LogP) is 1.09. The molecule has 0 saturated heterocycles. The van der Waals surface area contributed by atoms with Gasteiger partial charge >= 0.3 is 5.97 Å². The molecule has 2 N–H and O–H groups in total. The minimum atomic E-state index is -1.28. The van der Waals surface area contributed by atoms with Crippen LogP contribution in [0.4, 0.5) is 0 Å². The number of rotatable bonds is 2. The van der Waals surface area contributed by atoms with E-state index in [0.29, 0.717) is 5.69 Å². The monoisotopic (exact) mass is 270 g/mol. The maximum atomic E-state index is 12.0. The van der Waals surface area contributed by atoms with Crippen LogP contribution in [0.3, 0.4) is 0 Å². The highest BCUT2D eigenvalue weighted by Crippen LogP contribution is 2.16. The summed E-state index contributed by atoms with van der Waals surface area (Å²) in [6.45, 7) is 1.96. The second-order valence-electron chi connectivity index (χ2n) is 4.40. The molecule has 0 saturated carbocycles. The average molecular weight is 270 g/mol. The van der Waals surface area contributed by atoms with Crippen LogP contribution in [0.5, 0.6) is 0 Å². The molecule has 7 heteroatoms. The Morgan fingerprint density at radius 2 is 2.00 bits per heavy atom. The van der Waals surface area contributed by atoms with Crippen LogP contribution in [0.15, 0.2) is 35.3 Å². The first-order valence-electron chi connectivity index (χ1n) is 5.85. The standard InChI is InChI=1S/C13H10N4O3/c1-7-2-4-8(5-3-7)9-6-17-11(12(18)14-9)10(13(19)20)15-16-17/h2-6H,1H3,(H,14,18)(H,19,20). The number of hydrogen-bond acceptors (Lipinski definition) is 4. The maximum absolute atomic E-state index is 12.0. The fraction of sp³-hybridized carbons (Fsp3) is 0.0769. The SMILES string of the molecule is Cc1ccc(-c2cn3nnc(C(=O)O)c3c(=O)[nH]2)cc1. The van der Waals surface area contributed by atoms with Crippen LogP contribution in [0.1, 0.15) is 16.1 Å². The molecule has 0 aliphatic carbocycles. The van der Waals surface area contributed by atoms with E-state index in [1.807, 2.05) is 31.2 Å². The van der Waals surface area contributed by atoms with Crippen molar-refractivity contribution in [3.63, 3.8) is 0 Å². The summed E-state index contributed by atoms with van der Waals surface area (Å²) in [6, 6.07) is 7.56. The zero-order valence-electron chi connectivity index (χ0n) is 10.5. The Kier molecular flexibility index (Phi) is 2.60. The van der Waals surface area contributed by atoms with Gasteiger partial charge in [-0.25, -0.2) is 9.31 Å². The van der Waals surface area contributed by atoms with E-state index < -0.39 is 11.5 Å². The van der Waals surface area contributed by atoms with E-state index in [1.165, 1.54) is 4.52 Å². The topological polar surface area (TPSA) is 100 Å². The van der Waals surface area contributed by atoms with Crippen molar-refractivity contribution in [1.29, 1.82) is 0 Å². The first kappa shape index (κ1) is 12.1. The zero-order chi connectivity index (χ0) is 14.3. The molecule has 0 unspecified atom stereocenters. The summed E-state index contributed by atoms with van der Waals surface area (Å²) in [4.78, 5) is 25.6. The van der Waals surface area contributed by atoms with Crippen molar-refractivity contribution in [2.75, 3.05) is 0 Å². The Bertz CT molecular complexity index is 861. The number of nitrogens with one attached hydrogen (secondary N) is 1. The third-order valence-electron chi connectivity index (χ3n) is 2.97. The van der Waals surface area contributed by atoms with E-state index in [2.05, 4.69) is 15.3 Å². The molecule has 1 aromatic carbocycles. The van der Waals surface area contributed by atoms with Gasteiger partial charge in [-0.1, -0.05) is 35.0 Å². The van der Waals surface area contributed by atoms with E-state index in [0.717, 1.165) is 11.1 Å². The molecule has 7 nitrogen and oxygen atoms in total. The first-order valence-corrected chi connectivity index (χ1v) is 5.85. The average Bonchev–Trinajstić information content (AvgIpc) is 2.84. The summed E-state index contributed by atoms with van der Waals surface area (Å²) >= 11 is 0. The maximum Gasteiger partial charge on any atom is 0.358 e. The minimum absolute atomic E-state index is 0.0756. The number of hydrogen-bond donors (Lipinski definition) is 2. The van der Waals surface area contributed by atoms with E-state index in [1.54, 1.807) is 6.20 Å². The Balaban J connectivity index is 2.23. The predicted molar refractivity (Wildman–Crippen MR) is 70.7 cm³/mol. The summed E-state index contributed by atoms with van der Waals surface area (Å²) in [5.74, 6) is -1.28. The number of aryl methyl sites for hydroxylation is 1. The van der Waals surface area contributed by atoms with Gasteiger partial charge in [-0.05, 0) is 12.5 Å². The van der Waals surface area contributed by atoms with Gasteiger partial charge in [0, 0.05) is 0 Å². The van der Waals surface area contributed by atoms with Gasteiger partial charge in [0.1, 0.15) is 0 Å². The van der Waals surface area contributed by atoms with Crippen molar-refractivity contribution >= 4 is 11.5 Å². The summed E-state index contributed by atoms with van der Waals surface area (Å²) < 4.78 is 1.18. The molecular weight excluding hydrogens is 260 g/mol. The normalized spacial score (nSPS) is 10.8. The van der Waals surface area contributed by atoms with Crippen LogP contribution < -0.4 is 5.56 Å². The minimum Gasteiger partial charge on any atom is -0.476 e. The molecule has 0 spiro atoms. The molecule has 0 aliphatic rings. The van der Waals surface area contributed by atoms with E-state index in [9.17, 15) is 9.59 Å². The third-order valence-corrected chi connectivity index (χ3v) is 2.97. The molecule has 0 fully saturated rings. The molecule has 3 rings (SSSR count). The van der Waals surface area contributed by atoms with Crippen molar-refractivity contribution in [2.45, 2.75) is 6.92 Å². The number of carboxylic acid groups (broad SMARTS) is 1. The number of H-pyrrole nitrogens is 1. The zero-order valence-corrected chi connectivity index (χ0v) is 10.5. The number of carbonyl (C=O) groups is 1. The highest BCUT2D eigenvalue weighted by molar-refractivity contribution is 5.92. The molecule has 2 aromatic heterocycles. The number of aromatic amines is 1. The third kappa shape index (κ3) is 1.85. The van der Waals surface area contributed by atoms with E-state index in [4.69, 9.17) is 5.11 Å². The summed E-state index contributed by atoms with van der Waals surface area (Å²) in [7, 11) is 0. The summed E-state index contributed by atoms with van der Waals surface area (Å²) in [5.41, 5.74) is 1.48. The Hall–Kier alpha value is -2.96. The lowest BCUT2D eigenvalue weighted by molar-refractivity contribution is 0.0692. The van der Waals surface area contributed by atoms with Gasteiger partial charge in [0.15, 0.2) is 5.52 Å². The van der Waals surface area contributed by atoms with Gasteiger partial charge in [-0.3, -0.25) is 4.79 Å². The largest absolute Gasteiger partial charge is 0.476 e. The molecule has 100 valence electrons. The highest BCUT2D eigenvalue weighted by atomic mass is 16.4. The van der Waals surface area contributed by atoms with Crippen molar-refractivity contribution in [3.8, 4) is 11.3 Å². The Morgan fingerprint density at radius 1 is 1.30 bits per heavy atom. The van der Waals surface area contributed by atoms with Crippen LogP contribution in [-0.4, -0.2) is 30.9 Å². The van der Waals surface area contributed by atoms with Crippen LogP contribution in [0, 0.1) is 6.92 Å². The van der Waals surface area contributed by atoms with Gasteiger partial charge in [0.05, 0.1) is 11.9 Å². The van der Waals surface area contributed by atoms with Gasteiger partial charge < -0.3 is 10.1 Å². The van der Waals surface area contributed by atoms with Crippen molar-refractivity contribution in [2.24, 2.45) is 0 Å². The van der Waals surface area contributed by atoms with Crippen LogP contribution >= 0.6 is 0 Å². The lowest BCUT2D eigenvalue weighted by Gasteiger charge is -2.02. The van der Waals surface area contributed by atoms with Crippen molar-refractivity contribution in [3.05, 3.63) is 52.1 Å². The van der Waals surface area contributed by atoms with Crippen molar-refractivity contribution in [1.82, 2.24) is 19.8 Å². The second-order valence-corrected chi connectivity index (χ2v) is 4.40. The van der Waals surface area contributed by atoms with Gasteiger partial charge in [-0.15, -0.1) is 5.10 Å². The van der Waals surface area contributed by atoms with Gasteiger partial charge in [-0.2, -0.15) is 0 Å². The molecule has 0 aliphatic heterocycles. The van der Waals surface area contributed by atoms with Crippen LogP contribution in [0.25, 0.3) is 16.8 Å². The number of benzene rings is 1. The molecule has 0 atom stereocenters. The Labute approximate surface area is 112 Å². The highest BCUT2D eigenvalue weighted by Gasteiger charge is 2.17. The van der Waals surface area contributed by atoms with E-state index in [-0.39, 0.29) is 11.2 Å². The lowest BCUT2D eigenvalue weighted by Crippen LogP contribution is -2.13. The molecule has 0 bridgehead atoms. The quantitative estimate of drug-likeness (QED) is 0.726. The second kappa shape index (κ2) is 4.30. The number of nitrogens with zero attached hydrogens (tertiary/aromatic N) is 3. The fourth-order valence-corrected chi connectivity index (χ4v) is 1.96. The van der Waals surface area contributed by atoms with Gasteiger partial charge in [0.2, 0.25) is 5.69 Å². The molecule has 0 amide bonds. The Morgan fingerprint density at radius 3 is 2.65 bits per heavy atom. The number of fused-ring (bicyclic) bond motifs is 1.